The van der Waals surface area contributed by atoms with Crippen LogP contribution in [0.5, 0.6) is 0 Å². The molecule has 0 unspecified atom stereocenters. The van der Waals surface area contributed by atoms with Gasteiger partial charge in [0, 0.05) is 25.4 Å². The summed E-state index contributed by atoms with van der Waals surface area (Å²) in [6.07, 6.45) is -3.40. The molecule has 12 heteroatoms. The van der Waals surface area contributed by atoms with Crippen LogP contribution in [-0.2, 0) is 12.7 Å². The van der Waals surface area contributed by atoms with E-state index in [0.29, 0.717) is 5.69 Å². The molecular weight excluding hydrogens is 405 g/mol. The third-order valence-corrected chi connectivity index (χ3v) is 4.27. The molecule has 9 nitrogen and oxygen atoms in total. The van der Waals surface area contributed by atoms with Gasteiger partial charge in [0.15, 0.2) is 5.69 Å². The van der Waals surface area contributed by atoms with E-state index >= 15 is 0 Å². The number of hydrogen-bond donors (Lipinski definition) is 3. The Bertz CT molecular complexity index is 1160. The van der Waals surface area contributed by atoms with Gasteiger partial charge >= 0.3 is 11.9 Å². The number of carbonyl (C=O) groups excluding carboxylic acids is 1. The van der Waals surface area contributed by atoms with Crippen LogP contribution >= 0.6 is 0 Å². The van der Waals surface area contributed by atoms with Crippen LogP contribution in [0.25, 0.3) is 5.69 Å². The third kappa shape index (κ3) is 3.97. The second-order valence-corrected chi connectivity index (χ2v) is 6.12. The van der Waals surface area contributed by atoms with E-state index in [-0.39, 0.29) is 23.6 Å². The summed E-state index contributed by atoms with van der Waals surface area (Å²) in [4.78, 5) is 38.7. The Balaban J connectivity index is 1.88. The van der Waals surface area contributed by atoms with E-state index in [1.807, 2.05) is 0 Å². The first-order chi connectivity index (χ1) is 14.2. The van der Waals surface area contributed by atoms with Crippen molar-refractivity contribution >= 4 is 17.4 Å². The lowest BCUT2D eigenvalue weighted by atomic mass is 10.2. The van der Waals surface area contributed by atoms with Crippen LogP contribution in [0.3, 0.4) is 0 Å². The molecule has 158 valence electrons. The van der Waals surface area contributed by atoms with Crippen LogP contribution < -0.4 is 21.9 Å². The third-order valence-electron chi connectivity index (χ3n) is 4.27. The van der Waals surface area contributed by atoms with Crippen molar-refractivity contribution in [3.63, 3.8) is 0 Å². The summed E-state index contributed by atoms with van der Waals surface area (Å²) in [6.45, 7) is 1.86. The number of alkyl halides is 3. The Hall–Kier alpha value is -3.83. The summed E-state index contributed by atoms with van der Waals surface area (Å²) < 4.78 is 40.3. The predicted octanol–water partition coefficient (Wildman–Crippen LogP) is 2.05. The predicted molar refractivity (Wildman–Crippen MR) is 103 cm³/mol. The Morgan fingerprint density at radius 2 is 1.83 bits per heavy atom. The summed E-state index contributed by atoms with van der Waals surface area (Å²) in [7, 11) is 1.47. The quantitative estimate of drug-likeness (QED) is 0.583. The smallest absolute Gasteiger partial charge is 0.381 e. The fourth-order valence-electron chi connectivity index (χ4n) is 2.80. The van der Waals surface area contributed by atoms with Crippen LogP contribution in [0.15, 0.2) is 46.1 Å². The van der Waals surface area contributed by atoms with Gasteiger partial charge in [0.2, 0.25) is 0 Å². The summed E-state index contributed by atoms with van der Waals surface area (Å²) >= 11 is 0. The molecule has 2 aromatic heterocycles. The van der Waals surface area contributed by atoms with Crippen LogP contribution in [0.4, 0.5) is 24.7 Å². The van der Waals surface area contributed by atoms with Gasteiger partial charge in [-0.15, -0.1) is 0 Å². The van der Waals surface area contributed by atoms with Crippen molar-refractivity contribution in [1.82, 2.24) is 19.3 Å². The van der Waals surface area contributed by atoms with Crippen LogP contribution in [0, 0.1) is 0 Å². The van der Waals surface area contributed by atoms with E-state index < -0.39 is 29.0 Å². The number of carbonyl (C=O) groups is 1. The molecule has 0 aliphatic carbocycles. The maximum atomic E-state index is 12.7. The molecule has 0 bridgehead atoms. The molecule has 0 spiro atoms. The maximum Gasteiger partial charge on any atom is 0.435 e. The van der Waals surface area contributed by atoms with E-state index in [1.165, 1.54) is 35.9 Å². The highest BCUT2D eigenvalue weighted by molar-refractivity contribution is 6.05. The number of halogens is 3. The molecule has 1 aromatic carbocycles. The van der Waals surface area contributed by atoms with E-state index in [9.17, 15) is 27.6 Å². The molecule has 3 N–H and O–H groups in total. The van der Waals surface area contributed by atoms with Gasteiger partial charge in [-0.2, -0.15) is 18.3 Å². The van der Waals surface area contributed by atoms with Gasteiger partial charge in [-0.05, 0) is 37.3 Å². The van der Waals surface area contributed by atoms with Crippen molar-refractivity contribution in [3.05, 3.63) is 68.6 Å². The Labute approximate surface area is 167 Å². The Morgan fingerprint density at radius 1 is 1.17 bits per heavy atom. The van der Waals surface area contributed by atoms with E-state index in [1.54, 1.807) is 6.92 Å². The number of nitrogens with one attached hydrogen (secondary N) is 3. The first kappa shape index (κ1) is 20.9. The van der Waals surface area contributed by atoms with Crippen molar-refractivity contribution in [1.29, 1.82) is 0 Å². The molecule has 0 atom stereocenters. The highest BCUT2D eigenvalue weighted by Crippen LogP contribution is 2.28. The monoisotopic (exact) mass is 422 g/mol. The Morgan fingerprint density at radius 3 is 2.37 bits per heavy atom. The maximum absolute atomic E-state index is 12.7. The normalized spacial score (nSPS) is 11.4. The number of aromatic amines is 1. The molecule has 0 radical (unpaired) electrons. The van der Waals surface area contributed by atoms with Gasteiger partial charge < -0.3 is 10.6 Å². The number of aromatic nitrogens is 4. The average molecular weight is 422 g/mol. The van der Waals surface area contributed by atoms with Crippen molar-refractivity contribution < 1.29 is 18.0 Å². The second kappa shape index (κ2) is 7.89. The number of nitrogens with zero attached hydrogens (tertiary/aromatic N) is 3. The average Bonchev–Trinajstić information content (AvgIpc) is 3.19. The first-order valence-electron chi connectivity index (χ1n) is 8.75. The molecular formula is C18H17F3N6O3. The highest BCUT2D eigenvalue weighted by atomic mass is 19.4. The van der Waals surface area contributed by atoms with Crippen LogP contribution in [0.1, 0.15) is 23.0 Å². The van der Waals surface area contributed by atoms with Crippen molar-refractivity contribution in [2.75, 3.05) is 17.7 Å². The van der Waals surface area contributed by atoms with Gasteiger partial charge in [-0.25, -0.2) is 9.48 Å². The van der Waals surface area contributed by atoms with Gasteiger partial charge in [0.25, 0.3) is 11.5 Å². The number of hydrogen-bond acceptors (Lipinski definition) is 5. The fraction of sp³-hybridized carbons (Fsp3) is 0.222. The minimum atomic E-state index is -4.56. The van der Waals surface area contributed by atoms with E-state index in [0.717, 1.165) is 16.9 Å². The molecule has 30 heavy (non-hydrogen) atoms. The molecule has 3 aromatic rings. The van der Waals surface area contributed by atoms with Crippen molar-refractivity contribution in [2.45, 2.75) is 19.6 Å². The summed E-state index contributed by atoms with van der Waals surface area (Å²) in [5.74, 6) is -0.605. The molecule has 0 fully saturated rings. The minimum Gasteiger partial charge on any atom is -0.381 e. The second-order valence-electron chi connectivity index (χ2n) is 6.12. The van der Waals surface area contributed by atoms with E-state index in [2.05, 4.69) is 20.7 Å². The zero-order valence-electron chi connectivity index (χ0n) is 15.9. The topological polar surface area (TPSA) is 114 Å². The van der Waals surface area contributed by atoms with Crippen LogP contribution in [0.2, 0.25) is 0 Å². The van der Waals surface area contributed by atoms with Crippen LogP contribution in [-0.4, -0.2) is 32.3 Å². The minimum absolute atomic E-state index is 0.00437. The van der Waals surface area contributed by atoms with Gasteiger partial charge in [0.1, 0.15) is 11.5 Å². The molecule has 0 aliphatic heterocycles. The zero-order valence-corrected chi connectivity index (χ0v) is 15.9. The zero-order chi connectivity index (χ0) is 22.1. The molecule has 3 rings (SSSR count). The number of rotatable bonds is 5. The largest absolute Gasteiger partial charge is 0.435 e. The fourth-order valence-corrected chi connectivity index (χ4v) is 2.80. The number of benzene rings is 1. The highest BCUT2D eigenvalue weighted by Gasteiger charge is 2.33. The van der Waals surface area contributed by atoms with Gasteiger partial charge in [0.05, 0.1) is 5.69 Å². The SMILES string of the molecule is CCn1c(NC(=O)c2ccc(-n3ccc(C(F)(F)F)n3)cc2)c(NC)c(=O)[nH]c1=O. The first-order valence-corrected chi connectivity index (χ1v) is 8.75. The lowest BCUT2D eigenvalue weighted by molar-refractivity contribution is -0.141. The summed E-state index contributed by atoms with van der Waals surface area (Å²) in [6, 6.07) is 6.47. The molecule has 0 saturated heterocycles. The van der Waals surface area contributed by atoms with Gasteiger partial charge in [-0.1, -0.05) is 0 Å². The van der Waals surface area contributed by atoms with Crippen molar-refractivity contribution in [2.24, 2.45) is 0 Å². The summed E-state index contributed by atoms with van der Waals surface area (Å²) in [5, 5.41) is 8.64. The standard InChI is InChI=1S/C18H17F3N6O3/c1-3-26-14(13(22-2)16(29)24-17(26)30)23-15(28)10-4-6-11(7-5-10)27-9-8-12(25-27)18(19,20)21/h4-9,22H,3H2,1-2H3,(H,23,28)(H,24,29,30). The lowest BCUT2D eigenvalue weighted by Gasteiger charge is -2.15. The molecule has 2 heterocycles. The Kier molecular flexibility index (Phi) is 5.49. The number of H-pyrrole nitrogens is 1. The number of amides is 1. The van der Waals surface area contributed by atoms with E-state index in [4.69, 9.17) is 0 Å². The molecule has 1 amide bonds. The summed E-state index contributed by atoms with van der Waals surface area (Å²) in [5.41, 5.74) is -1.89. The molecule has 0 saturated carbocycles. The molecule has 0 aliphatic rings. The van der Waals surface area contributed by atoms with Gasteiger partial charge in [-0.3, -0.25) is 19.1 Å². The number of anilines is 2. The lowest BCUT2D eigenvalue weighted by Crippen LogP contribution is -2.34. The van der Waals surface area contributed by atoms with Crippen molar-refractivity contribution in [3.8, 4) is 5.69 Å².